The summed E-state index contributed by atoms with van der Waals surface area (Å²) >= 11 is 0. The molecule has 0 spiro atoms. The highest BCUT2D eigenvalue weighted by Gasteiger charge is 2.30. The van der Waals surface area contributed by atoms with E-state index in [1.807, 2.05) is 0 Å². The lowest BCUT2D eigenvalue weighted by Gasteiger charge is -2.18. The highest BCUT2D eigenvalue weighted by molar-refractivity contribution is 7.89. The Morgan fingerprint density at radius 2 is 1.97 bits per heavy atom. The molecule has 2 heterocycles. The predicted molar refractivity (Wildman–Crippen MR) is 102 cm³/mol. The first-order valence-corrected chi connectivity index (χ1v) is 10.5. The zero-order chi connectivity index (χ0) is 21.8. The second-order valence-corrected chi connectivity index (χ2v) is 8.45. The van der Waals surface area contributed by atoms with Crippen LogP contribution in [0, 0.1) is 0 Å². The summed E-state index contributed by atoms with van der Waals surface area (Å²) in [4.78, 5) is 12.1. The number of rotatable bonds is 7. The molecule has 2 aromatic rings. The lowest BCUT2D eigenvalue weighted by Crippen LogP contribution is -2.28. The number of ether oxygens (including phenoxy) is 1. The second-order valence-electron chi connectivity index (χ2n) is 6.51. The van der Waals surface area contributed by atoms with E-state index in [1.54, 1.807) is 12.1 Å². The Morgan fingerprint density at radius 1 is 1.23 bits per heavy atom. The van der Waals surface area contributed by atoms with E-state index in [-0.39, 0.29) is 16.3 Å². The molecule has 1 aromatic carbocycles. The molecule has 0 bridgehead atoms. The van der Waals surface area contributed by atoms with Crippen LogP contribution in [0.5, 0.6) is 5.75 Å². The molecule has 7 nitrogen and oxygen atoms in total. The van der Waals surface area contributed by atoms with E-state index in [2.05, 4.69) is 5.32 Å². The molecule has 0 unspecified atom stereocenters. The number of carbonyl (C=O) groups excluding carboxylic acids is 1. The number of hydrogen-bond donors (Lipinski definition) is 1. The molecule has 1 aliphatic rings. The smallest absolute Gasteiger partial charge is 0.422 e. The highest BCUT2D eigenvalue weighted by Crippen LogP contribution is 2.31. The Labute approximate surface area is 171 Å². The molecule has 11 heteroatoms. The summed E-state index contributed by atoms with van der Waals surface area (Å²) in [7, 11) is -3.83. The molecule has 0 saturated carbocycles. The number of carbonyl (C=O) groups is 1. The molecule has 1 saturated heterocycles. The van der Waals surface area contributed by atoms with Crippen LogP contribution >= 0.6 is 0 Å². The number of nitrogens with zero attached hydrogens (tertiary/aromatic N) is 1. The number of anilines is 1. The van der Waals surface area contributed by atoms with Crippen LogP contribution < -0.4 is 10.1 Å². The number of hydrogen-bond acceptors (Lipinski definition) is 5. The number of nitrogens with one attached hydrogen (secondary N) is 1. The van der Waals surface area contributed by atoms with Crippen molar-refractivity contribution in [1.29, 1.82) is 0 Å². The van der Waals surface area contributed by atoms with Gasteiger partial charge in [-0.15, -0.1) is 0 Å². The Balaban J connectivity index is 1.86. The summed E-state index contributed by atoms with van der Waals surface area (Å²) < 4.78 is 74.2. The number of halogens is 3. The van der Waals surface area contributed by atoms with E-state index < -0.39 is 28.7 Å². The molecule has 0 aliphatic carbocycles. The fraction of sp³-hybridized carbons (Fsp3) is 0.316. The average Bonchev–Trinajstić information content (AvgIpc) is 3.38. The maximum Gasteiger partial charge on any atom is 0.422 e. The number of sulfonamides is 1. The van der Waals surface area contributed by atoms with Crippen LogP contribution in [-0.4, -0.2) is 44.5 Å². The largest absolute Gasteiger partial charge is 0.482 e. The Hall–Kier alpha value is -2.79. The van der Waals surface area contributed by atoms with Crippen molar-refractivity contribution in [2.75, 3.05) is 25.0 Å². The van der Waals surface area contributed by atoms with Gasteiger partial charge in [0, 0.05) is 19.2 Å². The number of furan rings is 1. The monoisotopic (exact) mass is 444 g/mol. The second kappa shape index (κ2) is 8.92. The Morgan fingerprint density at radius 3 is 2.60 bits per heavy atom. The van der Waals surface area contributed by atoms with Crippen molar-refractivity contribution in [3.05, 3.63) is 48.4 Å². The minimum absolute atomic E-state index is 0.144. The molecular weight excluding hydrogens is 425 g/mol. The molecule has 30 heavy (non-hydrogen) atoms. The highest BCUT2D eigenvalue weighted by atomic mass is 32.2. The third kappa shape index (κ3) is 5.63. The molecule has 3 rings (SSSR count). The van der Waals surface area contributed by atoms with Gasteiger partial charge in [0.25, 0.3) is 0 Å². The van der Waals surface area contributed by atoms with Gasteiger partial charge in [-0.3, -0.25) is 4.79 Å². The van der Waals surface area contributed by atoms with Crippen molar-refractivity contribution in [3.63, 3.8) is 0 Å². The molecule has 0 radical (unpaired) electrons. The van der Waals surface area contributed by atoms with Crippen LogP contribution in [0.1, 0.15) is 18.6 Å². The van der Waals surface area contributed by atoms with Gasteiger partial charge >= 0.3 is 6.18 Å². The molecule has 1 fully saturated rings. The molecular formula is C19H19F3N2O5S. The maximum absolute atomic E-state index is 12.7. The quantitative estimate of drug-likeness (QED) is 0.659. The van der Waals surface area contributed by atoms with Gasteiger partial charge < -0.3 is 14.5 Å². The summed E-state index contributed by atoms with van der Waals surface area (Å²) in [6.45, 7) is -0.860. The van der Waals surface area contributed by atoms with Gasteiger partial charge in [0.05, 0.1) is 16.8 Å². The normalized spacial score (nSPS) is 15.6. The van der Waals surface area contributed by atoms with Crippen molar-refractivity contribution in [2.24, 2.45) is 0 Å². The SMILES string of the molecule is O=C(C=Cc1ccco1)Nc1cc(S(=O)(=O)N2CCCC2)ccc1OCC(F)(F)F. The molecule has 1 amide bonds. The zero-order valence-corrected chi connectivity index (χ0v) is 16.5. The van der Waals surface area contributed by atoms with E-state index in [0.29, 0.717) is 18.8 Å². The third-order valence-electron chi connectivity index (χ3n) is 4.25. The lowest BCUT2D eigenvalue weighted by molar-refractivity contribution is -0.153. The van der Waals surface area contributed by atoms with Crippen molar-refractivity contribution >= 4 is 27.7 Å². The van der Waals surface area contributed by atoms with Crippen LogP contribution in [0.2, 0.25) is 0 Å². The Bertz CT molecular complexity index is 1010. The van der Waals surface area contributed by atoms with Gasteiger partial charge in [0.1, 0.15) is 11.5 Å². The van der Waals surface area contributed by atoms with Crippen LogP contribution in [0.3, 0.4) is 0 Å². The summed E-state index contributed by atoms with van der Waals surface area (Å²) in [5.41, 5.74) is -0.186. The van der Waals surface area contributed by atoms with Gasteiger partial charge in [-0.25, -0.2) is 8.42 Å². The van der Waals surface area contributed by atoms with Crippen LogP contribution in [0.4, 0.5) is 18.9 Å². The van der Waals surface area contributed by atoms with E-state index in [4.69, 9.17) is 9.15 Å². The first kappa shape index (κ1) is 21.9. The van der Waals surface area contributed by atoms with Crippen LogP contribution in [0.15, 0.2) is 52.0 Å². The zero-order valence-electron chi connectivity index (χ0n) is 15.7. The van der Waals surface area contributed by atoms with E-state index in [9.17, 15) is 26.4 Å². The number of alkyl halides is 3. The van der Waals surface area contributed by atoms with Crippen LogP contribution in [-0.2, 0) is 14.8 Å². The number of benzene rings is 1. The topological polar surface area (TPSA) is 88.8 Å². The van der Waals surface area contributed by atoms with Gasteiger partial charge in [0.15, 0.2) is 6.61 Å². The van der Waals surface area contributed by atoms with E-state index in [1.165, 1.54) is 16.6 Å². The van der Waals surface area contributed by atoms with E-state index >= 15 is 0 Å². The van der Waals surface area contributed by atoms with E-state index in [0.717, 1.165) is 37.1 Å². The third-order valence-corrected chi connectivity index (χ3v) is 6.14. The first-order valence-electron chi connectivity index (χ1n) is 9.01. The molecule has 162 valence electrons. The minimum Gasteiger partial charge on any atom is -0.482 e. The van der Waals surface area contributed by atoms with Gasteiger partial charge in [-0.1, -0.05) is 0 Å². The Kier molecular flexibility index (Phi) is 6.52. The first-order chi connectivity index (χ1) is 14.1. The fourth-order valence-corrected chi connectivity index (χ4v) is 4.39. The average molecular weight is 444 g/mol. The maximum atomic E-state index is 12.7. The van der Waals surface area contributed by atoms with Crippen molar-refractivity contribution in [3.8, 4) is 5.75 Å². The fourth-order valence-electron chi connectivity index (χ4n) is 2.85. The number of amides is 1. The van der Waals surface area contributed by atoms with Gasteiger partial charge in [0.2, 0.25) is 15.9 Å². The van der Waals surface area contributed by atoms with Gasteiger partial charge in [-0.2, -0.15) is 17.5 Å². The van der Waals surface area contributed by atoms with Gasteiger partial charge in [-0.05, 0) is 49.2 Å². The van der Waals surface area contributed by atoms with Crippen LogP contribution in [0.25, 0.3) is 6.08 Å². The summed E-state index contributed by atoms with van der Waals surface area (Å²) in [5, 5.41) is 2.37. The summed E-state index contributed by atoms with van der Waals surface area (Å²) in [5.74, 6) is -0.601. The minimum atomic E-state index is -4.60. The molecule has 1 aliphatic heterocycles. The van der Waals surface area contributed by atoms with Crippen molar-refractivity contribution < 1.29 is 35.5 Å². The van der Waals surface area contributed by atoms with Crippen molar-refractivity contribution in [2.45, 2.75) is 23.9 Å². The summed E-state index contributed by atoms with van der Waals surface area (Å²) in [6, 6.07) is 6.57. The standard InChI is InChI=1S/C19H19F3N2O5S/c20-19(21,22)13-29-17-7-6-15(30(26,27)24-9-1-2-10-24)12-16(17)23-18(25)8-5-14-4-3-11-28-14/h3-8,11-12H,1-2,9-10,13H2,(H,23,25). The van der Waals surface area contributed by atoms with Crippen molar-refractivity contribution in [1.82, 2.24) is 4.31 Å². The lowest BCUT2D eigenvalue weighted by atomic mass is 10.3. The molecule has 1 aromatic heterocycles. The summed E-state index contributed by atoms with van der Waals surface area (Å²) in [6.07, 6.45) is 0.735. The molecule has 1 N–H and O–H groups in total. The molecule has 0 atom stereocenters. The predicted octanol–water partition coefficient (Wildman–Crippen LogP) is 3.66.